The lowest BCUT2D eigenvalue weighted by molar-refractivity contribution is -0.146. The van der Waals surface area contributed by atoms with E-state index in [0.717, 1.165) is 11.3 Å². The third-order valence-electron chi connectivity index (χ3n) is 5.09. The van der Waals surface area contributed by atoms with Crippen LogP contribution in [0, 0.1) is 0 Å². The van der Waals surface area contributed by atoms with Crippen LogP contribution in [0.3, 0.4) is 0 Å². The predicted octanol–water partition coefficient (Wildman–Crippen LogP) is 4.08. The SMILES string of the molecule is C[C@H](NP(=O)(Oc1ccccc1)C(F)c1ccc2sc(C(=O)O)cc2c1)C(=O)OCc1nnnn1C. The number of aryl methyl sites for hydroxylation is 1. The molecule has 2 aromatic carbocycles. The van der Waals surface area contributed by atoms with Gasteiger partial charge in [0.25, 0.3) is 0 Å². The number of tetrazole rings is 1. The van der Waals surface area contributed by atoms with Gasteiger partial charge in [0.2, 0.25) is 5.91 Å². The van der Waals surface area contributed by atoms with E-state index in [1.54, 1.807) is 31.3 Å². The summed E-state index contributed by atoms with van der Waals surface area (Å²) < 4.78 is 42.5. The Hall–Kier alpha value is -3.67. The average molecular weight is 533 g/mol. The van der Waals surface area contributed by atoms with E-state index in [-0.39, 0.29) is 28.6 Å². The molecule has 4 rings (SSSR count). The van der Waals surface area contributed by atoms with Gasteiger partial charge in [-0.15, -0.1) is 16.4 Å². The second-order valence-electron chi connectivity index (χ2n) is 7.73. The number of aromatic nitrogens is 4. The molecule has 0 bridgehead atoms. The van der Waals surface area contributed by atoms with Gasteiger partial charge in [-0.2, -0.15) is 0 Å². The molecule has 188 valence electrons. The molecular weight excluding hydrogens is 512 g/mol. The molecule has 0 saturated heterocycles. The largest absolute Gasteiger partial charge is 0.477 e. The Morgan fingerprint density at radius 2 is 1.97 bits per heavy atom. The Morgan fingerprint density at radius 3 is 2.64 bits per heavy atom. The Labute approximate surface area is 208 Å². The second-order valence-corrected chi connectivity index (χ2v) is 10.9. The van der Waals surface area contributed by atoms with Gasteiger partial charge in [0.05, 0.1) is 0 Å². The highest BCUT2D eigenvalue weighted by molar-refractivity contribution is 7.57. The molecule has 0 radical (unpaired) electrons. The minimum atomic E-state index is -4.42. The standard InChI is InChI=1S/C22H21FN5O6PS/c1-13(22(31)33-12-19-24-26-27-28(19)2)25-35(32,34-16-6-4-3-5-7-16)20(23)14-8-9-17-15(10-14)11-18(36-17)21(29)30/h3-11,13,20H,12H2,1-2H3,(H,25,32)(H,29,30)/t13-,20?,35?/m0/s1. The lowest BCUT2D eigenvalue weighted by atomic mass is 10.2. The maximum atomic E-state index is 15.9. The summed E-state index contributed by atoms with van der Waals surface area (Å²) in [5, 5.41) is 23.0. The van der Waals surface area contributed by atoms with Gasteiger partial charge in [-0.05, 0) is 58.6 Å². The predicted molar refractivity (Wildman–Crippen MR) is 129 cm³/mol. The topological polar surface area (TPSA) is 146 Å². The number of carbonyl (C=O) groups is 2. The van der Waals surface area contributed by atoms with Crippen LogP contribution in [0.5, 0.6) is 5.75 Å². The summed E-state index contributed by atoms with van der Waals surface area (Å²) in [6.45, 7) is 1.13. The van der Waals surface area contributed by atoms with E-state index in [1.165, 1.54) is 41.9 Å². The third-order valence-corrected chi connectivity index (χ3v) is 8.32. The van der Waals surface area contributed by atoms with Crippen LogP contribution in [0.2, 0.25) is 0 Å². The Kier molecular flexibility index (Phi) is 7.43. The summed E-state index contributed by atoms with van der Waals surface area (Å²) in [6, 6.07) is 12.5. The second kappa shape index (κ2) is 10.5. The number of carboxylic acid groups (broad SMARTS) is 1. The highest BCUT2D eigenvalue weighted by Crippen LogP contribution is 2.58. The quantitative estimate of drug-likeness (QED) is 0.226. The van der Waals surface area contributed by atoms with Crippen molar-refractivity contribution < 1.29 is 32.9 Å². The molecule has 2 unspecified atom stereocenters. The third kappa shape index (κ3) is 5.59. The number of alkyl halides is 1. The van der Waals surface area contributed by atoms with Gasteiger partial charge in [0.15, 0.2) is 12.4 Å². The maximum Gasteiger partial charge on any atom is 0.355 e. The lowest BCUT2D eigenvalue weighted by Gasteiger charge is -2.26. The summed E-state index contributed by atoms with van der Waals surface area (Å²) in [4.78, 5) is 23.9. The number of nitrogens with one attached hydrogen (secondary N) is 1. The zero-order valence-electron chi connectivity index (χ0n) is 19.1. The number of ether oxygens (including phenoxy) is 1. The first-order valence-electron chi connectivity index (χ1n) is 10.6. The van der Waals surface area contributed by atoms with Crippen molar-refractivity contribution in [3.05, 3.63) is 70.9 Å². The highest BCUT2D eigenvalue weighted by atomic mass is 32.1. The molecule has 3 atom stereocenters. The van der Waals surface area contributed by atoms with Crippen LogP contribution in [0.1, 0.15) is 33.9 Å². The van der Waals surface area contributed by atoms with Crippen molar-refractivity contribution in [3.63, 3.8) is 0 Å². The Morgan fingerprint density at radius 1 is 1.22 bits per heavy atom. The average Bonchev–Trinajstić information content (AvgIpc) is 3.48. The van der Waals surface area contributed by atoms with Crippen molar-refractivity contribution in [2.45, 2.75) is 25.5 Å². The molecule has 4 aromatic rings. The van der Waals surface area contributed by atoms with Crippen molar-refractivity contribution >= 4 is 40.9 Å². The molecule has 0 spiro atoms. The number of fused-ring (bicyclic) bond motifs is 1. The van der Waals surface area contributed by atoms with Gasteiger partial charge in [0, 0.05) is 11.7 Å². The number of benzene rings is 2. The molecule has 0 aliphatic carbocycles. The van der Waals surface area contributed by atoms with E-state index in [9.17, 15) is 19.3 Å². The fourth-order valence-corrected chi connectivity index (χ4v) is 6.03. The molecule has 2 aromatic heterocycles. The summed E-state index contributed by atoms with van der Waals surface area (Å²) in [6.07, 6.45) is 0. The molecule has 36 heavy (non-hydrogen) atoms. The van der Waals surface area contributed by atoms with Gasteiger partial charge in [-0.25, -0.2) is 19.0 Å². The Balaban J connectivity index is 1.59. The number of carbonyl (C=O) groups excluding carboxylic acids is 1. The van der Waals surface area contributed by atoms with E-state index in [1.807, 2.05) is 0 Å². The van der Waals surface area contributed by atoms with E-state index in [0.29, 0.717) is 10.1 Å². The number of para-hydroxylation sites is 1. The smallest absolute Gasteiger partial charge is 0.355 e. The number of thiophene rings is 1. The molecule has 2 heterocycles. The van der Waals surface area contributed by atoms with Crippen molar-refractivity contribution in [1.29, 1.82) is 0 Å². The molecule has 0 saturated carbocycles. The normalized spacial score (nSPS) is 14.6. The first-order valence-corrected chi connectivity index (χ1v) is 13.1. The van der Waals surface area contributed by atoms with Crippen molar-refractivity contribution in [2.24, 2.45) is 7.05 Å². The maximum absolute atomic E-state index is 15.9. The van der Waals surface area contributed by atoms with Gasteiger partial charge in [-0.3, -0.25) is 9.36 Å². The monoisotopic (exact) mass is 533 g/mol. The number of hydrogen-bond donors (Lipinski definition) is 2. The number of rotatable bonds is 10. The molecule has 0 aliphatic heterocycles. The highest BCUT2D eigenvalue weighted by Gasteiger charge is 2.41. The van der Waals surface area contributed by atoms with Crippen molar-refractivity contribution in [1.82, 2.24) is 25.3 Å². The van der Waals surface area contributed by atoms with Gasteiger partial charge in [-0.1, -0.05) is 24.3 Å². The molecule has 2 N–H and O–H groups in total. The number of nitrogens with zero attached hydrogens (tertiary/aromatic N) is 4. The lowest BCUT2D eigenvalue weighted by Crippen LogP contribution is -2.35. The minimum Gasteiger partial charge on any atom is -0.477 e. The molecule has 0 fully saturated rings. The minimum absolute atomic E-state index is 0.00488. The van der Waals surface area contributed by atoms with Gasteiger partial charge >= 0.3 is 19.5 Å². The van der Waals surface area contributed by atoms with Crippen LogP contribution in [-0.2, 0) is 27.8 Å². The number of halogens is 1. The van der Waals surface area contributed by atoms with Crippen LogP contribution in [0.15, 0.2) is 54.6 Å². The summed E-state index contributed by atoms with van der Waals surface area (Å²) in [5.74, 6) is -3.69. The van der Waals surface area contributed by atoms with E-state index >= 15 is 4.39 Å². The van der Waals surface area contributed by atoms with Crippen molar-refractivity contribution in [2.75, 3.05) is 0 Å². The summed E-state index contributed by atoms with van der Waals surface area (Å²) >= 11 is 1.04. The van der Waals surface area contributed by atoms with Crippen LogP contribution in [0.4, 0.5) is 4.39 Å². The molecule has 11 nitrogen and oxygen atoms in total. The first-order chi connectivity index (χ1) is 17.2. The molecule has 0 aliphatic rings. The van der Waals surface area contributed by atoms with Crippen LogP contribution in [-0.4, -0.2) is 43.3 Å². The van der Waals surface area contributed by atoms with E-state index in [2.05, 4.69) is 20.6 Å². The number of esters is 1. The Bertz CT molecular complexity index is 1450. The fraction of sp³-hybridized carbons (Fsp3) is 0.227. The molecule has 0 amide bonds. The summed E-state index contributed by atoms with van der Waals surface area (Å²) in [5.41, 5.74) is -0.00488. The number of carboxylic acids is 1. The molecule has 14 heteroatoms. The van der Waals surface area contributed by atoms with E-state index < -0.39 is 31.4 Å². The first kappa shape index (κ1) is 25.4. The van der Waals surface area contributed by atoms with Crippen LogP contribution in [0.25, 0.3) is 10.1 Å². The van der Waals surface area contributed by atoms with E-state index in [4.69, 9.17) is 9.26 Å². The zero-order valence-corrected chi connectivity index (χ0v) is 20.8. The number of aromatic carboxylic acids is 1. The fourth-order valence-electron chi connectivity index (χ4n) is 3.24. The summed E-state index contributed by atoms with van der Waals surface area (Å²) in [7, 11) is -2.85. The number of hydrogen-bond acceptors (Lipinski definition) is 9. The van der Waals surface area contributed by atoms with Crippen molar-refractivity contribution in [3.8, 4) is 5.75 Å². The van der Waals surface area contributed by atoms with Crippen LogP contribution >= 0.6 is 18.9 Å². The van der Waals surface area contributed by atoms with Crippen LogP contribution < -0.4 is 9.61 Å². The van der Waals surface area contributed by atoms with Gasteiger partial charge in [0.1, 0.15) is 16.7 Å². The molecular formula is C22H21FN5O6PS. The zero-order chi connectivity index (χ0) is 25.9. The van der Waals surface area contributed by atoms with Gasteiger partial charge < -0.3 is 14.4 Å².